The number of sulfonamides is 1. The Kier molecular flexibility index (Phi) is 4.31. The van der Waals surface area contributed by atoms with Crippen molar-refractivity contribution in [3.05, 3.63) is 54.1 Å². The molecule has 6 nitrogen and oxygen atoms in total. The third-order valence-corrected chi connectivity index (χ3v) is 5.70. The van der Waals surface area contributed by atoms with Crippen molar-refractivity contribution in [1.29, 1.82) is 0 Å². The van der Waals surface area contributed by atoms with E-state index in [2.05, 4.69) is 4.74 Å². The molecule has 2 aromatic rings. The van der Waals surface area contributed by atoms with E-state index in [9.17, 15) is 26.4 Å². The number of amides is 1. The zero-order valence-corrected chi connectivity index (χ0v) is 13.9. The van der Waals surface area contributed by atoms with Crippen LogP contribution < -0.4 is 14.8 Å². The van der Waals surface area contributed by atoms with Gasteiger partial charge in [0.05, 0.1) is 10.6 Å². The van der Waals surface area contributed by atoms with Gasteiger partial charge in [-0.25, -0.2) is 8.42 Å². The molecule has 0 aliphatic carbocycles. The van der Waals surface area contributed by atoms with Crippen LogP contribution in [0.25, 0.3) is 0 Å². The van der Waals surface area contributed by atoms with Gasteiger partial charge in [0.25, 0.3) is 10.0 Å². The number of ether oxygens (including phenoxy) is 1. The van der Waals surface area contributed by atoms with Crippen LogP contribution in [0.2, 0.25) is 0 Å². The Morgan fingerprint density at radius 1 is 1.12 bits per heavy atom. The van der Waals surface area contributed by atoms with Crippen molar-refractivity contribution in [1.82, 2.24) is 0 Å². The van der Waals surface area contributed by atoms with E-state index in [0.717, 1.165) is 28.6 Å². The Bertz CT molecular complexity index is 943. The van der Waals surface area contributed by atoms with Gasteiger partial charge < -0.3 is 10.5 Å². The smallest absolute Gasteiger partial charge is 0.406 e. The summed E-state index contributed by atoms with van der Waals surface area (Å²) in [6.07, 6.45) is -4.76. The Morgan fingerprint density at radius 2 is 1.73 bits per heavy atom. The summed E-state index contributed by atoms with van der Waals surface area (Å²) in [5.74, 6) is -1.37. The van der Waals surface area contributed by atoms with Gasteiger partial charge in [0.2, 0.25) is 5.91 Å². The summed E-state index contributed by atoms with van der Waals surface area (Å²) in [4.78, 5) is 11.5. The molecule has 0 unspecified atom stereocenters. The molecule has 2 N–H and O–H groups in total. The lowest BCUT2D eigenvalue weighted by atomic mass is 10.1. The summed E-state index contributed by atoms with van der Waals surface area (Å²) in [5, 5.41) is 0. The molecule has 0 spiro atoms. The molecule has 10 heteroatoms. The van der Waals surface area contributed by atoms with Gasteiger partial charge in [-0.2, -0.15) is 0 Å². The second kappa shape index (κ2) is 6.20. The normalized spacial score (nSPS) is 17.0. The number of halogens is 3. The summed E-state index contributed by atoms with van der Waals surface area (Å²) in [7, 11) is -4.21. The Morgan fingerprint density at radius 3 is 2.31 bits per heavy atom. The van der Waals surface area contributed by atoms with E-state index in [-0.39, 0.29) is 11.3 Å². The van der Waals surface area contributed by atoms with Crippen LogP contribution in [-0.4, -0.2) is 26.7 Å². The number of rotatable bonds is 4. The van der Waals surface area contributed by atoms with Gasteiger partial charge in [0, 0.05) is 6.42 Å². The van der Waals surface area contributed by atoms with Crippen LogP contribution >= 0.6 is 0 Å². The molecule has 1 aliphatic heterocycles. The molecule has 138 valence electrons. The van der Waals surface area contributed by atoms with Crippen molar-refractivity contribution >= 4 is 21.6 Å². The van der Waals surface area contributed by atoms with Crippen LogP contribution in [-0.2, 0) is 21.2 Å². The van der Waals surface area contributed by atoms with Gasteiger partial charge in [-0.05, 0) is 35.9 Å². The molecule has 1 amide bonds. The molecular formula is C16H13F3N2O4S. The summed E-state index contributed by atoms with van der Waals surface area (Å²) in [6, 6.07) is 9.18. The van der Waals surface area contributed by atoms with Gasteiger partial charge in [0.1, 0.15) is 11.8 Å². The number of hydrogen-bond acceptors (Lipinski definition) is 4. The number of primary amides is 1. The minimum Gasteiger partial charge on any atom is -0.406 e. The topological polar surface area (TPSA) is 89.7 Å². The SMILES string of the molecule is NC(=O)[C@@H]1Cc2ccccc2N1S(=O)(=O)c1ccc(OC(F)(F)F)cc1. The number of carbonyl (C=O) groups is 1. The Balaban J connectivity index is 2.00. The molecule has 0 bridgehead atoms. The number of anilines is 1. The number of carbonyl (C=O) groups excluding carboxylic acids is 1. The van der Waals surface area contributed by atoms with E-state index in [4.69, 9.17) is 5.73 Å². The van der Waals surface area contributed by atoms with Crippen molar-refractivity contribution in [2.24, 2.45) is 5.73 Å². The minimum absolute atomic E-state index is 0.125. The first-order chi connectivity index (χ1) is 12.1. The molecule has 0 fully saturated rings. The van der Waals surface area contributed by atoms with E-state index in [1.165, 1.54) is 6.07 Å². The van der Waals surface area contributed by atoms with E-state index in [1.54, 1.807) is 18.2 Å². The third-order valence-electron chi connectivity index (χ3n) is 3.87. The summed E-state index contributed by atoms with van der Waals surface area (Å²) < 4.78 is 67.2. The number of para-hydroxylation sites is 1. The van der Waals surface area contributed by atoms with Gasteiger partial charge in [0.15, 0.2) is 0 Å². The molecule has 1 aliphatic rings. The number of hydrogen-bond donors (Lipinski definition) is 1. The largest absolute Gasteiger partial charge is 0.573 e. The van der Waals surface area contributed by atoms with Crippen LogP contribution in [0.15, 0.2) is 53.4 Å². The number of nitrogens with zero attached hydrogens (tertiary/aromatic N) is 1. The monoisotopic (exact) mass is 386 g/mol. The predicted octanol–water partition coefficient (Wildman–Crippen LogP) is 2.19. The Hall–Kier alpha value is -2.75. The maximum absolute atomic E-state index is 13.0. The lowest BCUT2D eigenvalue weighted by molar-refractivity contribution is -0.274. The maximum Gasteiger partial charge on any atom is 0.573 e. The molecular weight excluding hydrogens is 373 g/mol. The highest BCUT2D eigenvalue weighted by molar-refractivity contribution is 7.93. The van der Waals surface area contributed by atoms with Crippen molar-refractivity contribution in [3.8, 4) is 5.75 Å². The van der Waals surface area contributed by atoms with Crippen LogP contribution in [0.4, 0.5) is 18.9 Å². The van der Waals surface area contributed by atoms with Crippen molar-refractivity contribution in [2.75, 3.05) is 4.31 Å². The molecule has 1 heterocycles. The number of benzene rings is 2. The molecule has 2 aromatic carbocycles. The number of nitrogens with two attached hydrogens (primary N) is 1. The molecule has 0 saturated carbocycles. The second-order valence-corrected chi connectivity index (χ2v) is 7.39. The van der Waals surface area contributed by atoms with Gasteiger partial charge >= 0.3 is 6.36 Å². The molecule has 1 atom stereocenters. The zero-order valence-electron chi connectivity index (χ0n) is 13.1. The fourth-order valence-electron chi connectivity index (χ4n) is 2.80. The first kappa shape index (κ1) is 18.1. The minimum atomic E-state index is -4.88. The lowest BCUT2D eigenvalue weighted by Crippen LogP contribution is -2.45. The molecule has 0 radical (unpaired) electrons. The highest BCUT2D eigenvalue weighted by atomic mass is 32.2. The second-order valence-electron chi connectivity index (χ2n) is 5.57. The summed E-state index contributed by atoms with van der Waals surface area (Å²) in [5.41, 5.74) is 6.29. The molecule has 0 saturated heterocycles. The van der Waals surface area contributed by atoms with E-state index in [0.29, 0.717) is 11.3 Å². The first-order valence-electron chi connectivity index (χ1n) is 7.37. The fraction of sp³-hybridized carbons (Fsp3) is 0.188. The van der Waals surface area contributed by atoms with E-state index in [1.807, 2.05) is 0 Å². The van der Waals surface area contributed by atoms with Crippen molar-refractivity contribution < 1.29 is 31.1 Å². The van der Waals surface area contributed by atoms with Gasteiger partial charge in [-0.3, -0.25) is 9.10 Å². The summed E-state index contributed by atoms with van der Waals surface area (Å²) in [6.45, 7) is 0. The average molecular weight is 386 g/mol. The van der Waals surface area contributed by atoms with Gasteiger partial charge in [-0.15, -0.1) is 13.2 Å². The van der Waals surface area contributed by atoms with Crippen LogP contribution in [0.3, 0.4) is 0 Å². The average Bonchev–Trinajstić information content (AvgIpc) is 2.94. The zero-order chi connectivity index (χ0) is 19.1. The number of fused-ring (bicyclic) bond motifs is 1. The highest BCUT2D eigenvalue weighted by Crippen LogP contribution is 2.37. The summed E-state index contributed by atoms with van der Waals surface area (Å²) >= 11 is 0. The predicted molar refractivity (Wildman–Crippen MR) is 85.9 cm³/mol. The quantitative estimate of drug-likeness (QED) is 0.872. The Labute approximate surface area is 147 Å². The molecule has 3 rings (SSSR count). The standard InChI is InChI=1S/C16H13F3N2O4S/c17-16(18,19)25-11-5-7-12(8-6-11)26(23,24)21-13-4-2-1-3-10(13)9-14(21)15(20)22/h1-8,14H,9H2,(H2,20,22)/t14-/m0/s1. The molecule has 26 heavy (non-hydrogen) atoms. The van der Waals surface area contributed by atoms with Crippen LogP contribution in [0, 0.1) is 0 Å². The number of alkyl halides is 3. The highest BCUT2D eigenvalue weighted by Gasteiger charge is 2.41. The lowest BCUT2D eigenvalue weighted by Gasteiger charge is -2.25. The van der Waals surface area contributed by atoms with E-state index >= 15 is 0 Å². The molecule has 0 aromatic heterocycles. The fourth-order valence-corrected chi connectivity index (χ4v) is 4.46. The van der Waals surface area contributed by atoms with Crippen LogP contribution in [0.5, 0.6) is 5.75 Å². The first-order valence-corrected chi connectivity index (χ1v) is 8.81. The van der Waals surface area contributed by atoms with Crippen LogP contribution in [0.1, 0.15) is 5.56 Å². The van der Waals surface area contributed by atoms with Gasteiger partial charge in [-0.1, -0.05) is 18.2 Å². The van der Waals surface area contributed by atoms with Crippen molar-refractivity contribution in [3.63, 3.8) is 0 Å². The van der Waals surface area contributed by atoms with E-state index < -0.39 is 34.1 Å². The van der Waals surface area contributed by atoms with Crippen molar-refractivity contribution in [2.45, 2.75) is 23.7 Å². The third kappa shape index (κ3) is 3.32. The maximum atomic E-state index is 13.0.